The van der Waals surface area contributed by atoms with Crippen molar-refractivity contribution in [3.05, 3.63) is 29.8 Å². The second-order valence-corrected chi connectivity index (χ2v) is 5.17. The molecule has 15 heavy (non-hydrogen) atoms. The van der Waals surface area contributed by atoms with Crippen LogP contribution in [0.1, 0.15) is 11.6 Å². The standard InChI is InChI=1S/C9H11NO4S/c1-15(13,14)7-4-2-6(3-5-7)8(10)9(11)12/h2-5,8H,10H2,1H3,(H,11,12). The fraction of sp³-hybridized carbons (Fsp3) is 0.222. The average Bonchev–Trinajstić information content (AvgIpc) is 2.15. The molecule has 0 aliphatic heterocycles. The van der Waals surface area contributed by atoms with Crippen LogP contribution >= 0.6 is 0 Å². The second kappa shape index (κ2) is 4.00. The molecule has 0 amide bonds. The zero-order valence-electron chi connectivity index (χ0n) is 8.04. The average molecular weight is 229 g/mol. The first kappa shape index (κ1) is 11.7. The molecule has 0 fully saturated rings. The molecule has 6 heteroatoms. The Hall–Kier alpha value is -1.40. The number of carboxylic acid groups (broad SMARTS) is 1. The highest BCUT2D eigenvalue weighted by molar-refractivity contribution is 7.90. The van der Waals surface area contributed by atoms with Gasteiger partial charge in [-0.2, -0.15) is 0 Å². The van der Waals surface area contributed by atoms with Crippen molar-refractivity contribution in [2.75, 3.05) is 6.26 Å². The maximum atomic E-state index is 11.1. The Morgan fingerprint density at radius 1 is 1.33 bits per heavy atom. The highest BCUT2D eigenvalue weighted by Crippen LogP contribution is 2.14. The molecule has 0 bridgehead atoms. The molecule has 1 atom stereocenters. The Labute approximate surface area is 87.4 Å². The number of aliphatic carboxylic acids is 1. The SMILES string of the molecule is CS(=O)(=O)c1ccc(C(N)C(=O)O)cc1. The molecule has 0 saturated heterocycles. The maximum absolute atomic E-state index is 11.1. The predicted octanol–water partition coefficient (Wildman–Crippen LogP) is 0.175. The van der Waals surface area contributed by atoms with Crippen LogP contribution < -0.4 is 5.73 Å². The summed E-state index contributed by atoms with van der Waals surface area (Å²) in [6, 6.07) is 4.35. The zero-order chi connectivity index (χ0) is 11.6. The molecule has 0 heterocycles. The van der Waals surface area contributed by atoms with Gasteiger partial charge in [0.05, 0.1) is 4.90 Å². The van der Waals surface area contributed by atoms with E-state index in [1.54, 1.807) is 0 Å². The Morgan fingerprint density at radius 3 is 2.13 bits per heavy atom. The third kappa shape index (κ3) is 2.77. The van der Waals surface area contributed by atoms with Crippen molar-refractivity contribution in [1.29, 1.82) is 0 Å². The number of carbonyl (C=O) groups is 1. The first-order valence-corrected chi connectivity index (χ1v) is 6.00. The van der Waals surface area contributed by atoms with E-state index in [0.29, 0.717) is 5.56 Å². The van der Waals surface area contributed by atoms with Crippen molar-refractivity contribution in [3.63, 3.8) is 0 Å². The lowest BCUT2D eigenvalue weighted by atomic mass is 10.1. The third-order valence-electron chi connectivity index (χ3n) is 1.93. The number of nitrogens with two attached hydrogens (primary N) is 1. The topological polar surface area (TPSA) is 97.5 Å². The number of hydrogen-bond acceptors (Lipinski definition) is 4. The number of sulfone groups is 1. The smallest absolute Gasteiger partial charge is 0.325 e. The van der Waals surface area contributed by atoms with E-state index >= 15 is 0 Å². The van der Waals surface area contributed by atoms with Crippen LogP contribution in [0.4, 0.5) is 0 Å². The molecule has 1 aromatic carbocycles. The number of benzene rings is 1. The molecule has 0 saturated carbocycles. The molecule has 3 N–H and O–H groups in total. The van der Waals surface area contributed by atoms with Crippen LogP contribution in [0.3, 0.4) is 0 Å². The summed E-state index contributed by atoms with van der Waals surface area (Å²) < 4.78 is 22.2. The van der Waals surface area contributed by atoms with Gasteiger partial charge in [-0.3, -0.25) is 4.79 Å². The molecular formula is C9H11NO4S. The van der Waals surface area contributed by atoms with Crippen molar-refractivity contribution in [3.8, 4) is 0 Å². The van der Waals surface area contributed by atoms with E-state index in [0.717, 1.165) is 6.26 Å². The van der Waals surface area contributed by atoms with E-state index in [2.05, 4.69) is 0 Å². The van der Waals surface area contributed by atoms with Crippen LogP contribution in [0.15, 0.2) is 29.2 Å². The summed E-state index contributed by atoms with van der Waals surface area (Å²) in [4.78, 5) is 10.7. The Balaban J connectivity index is 3.06. The molecule has 0 radical (unpaired) electrons. The molecule has 0 aliphatic carbocycles. The minimum absolute atomic E-state index is 0.142. The molecular weight excluding hydrogens is 218 g/mol. The van der Waals surface area contributed by atoms with Gasteiger partial charge in [-0.05, 0) is 17.7 Å². The molecule has 0 spiro atoms. The van der Waals surface area contributed by atoms with Crippen molar-refractivity contribution in [1.82, 2.24) is 0 Å². The Bertz CT molecular complexity index is 463. The van der Waals surface area contributed by atoms with Gasteiger partial charge in [0.1, 0.15) is 6.04 Å². The Kier molecular flexibility index (Phi) is 3.11. The van der Waals surface area contributed by atoms with E-state index in [9.17, 15) is 13.2 Å². The summed E-state index contributed by atoms with van der Waals surface area (Å²) in [6.45, 7) is 0. The molecule has 0 aromatic heterocycles. The van der Waals surface area contributed by atoms with Gasteiger partial charge in [0.25, 0.3) is 0 Å². The molecule has 1 rings (SSSR count). The monoisotopic (exact) mass is 229 g/mol. The van der Waals surface area contributed by atoms with Crippen molar-refractivity contribution in [2.24, 2.45) is 5.73 Å². The lowest BCUT2D eigenvalue weighted by Gasteiger charge is -2.06. The van der Waals surface area contributed by atoms with Gasteiger partial charge in [0.15, 0.2) is 9.84 Å². The van der Waals surface area contributed by atoms with Crippen LogP contribution in [-0.2, 0) is 14.6 Å². The van der Waals surface area contributed by atoms with Gasteiger partial charge >= 0.3 is 5.97 Å². The minimum Gasteiger partial charge on any atom is -0.480 e. The van der Waals surface area contributed by atoms with E-state index in [-0.39, 0.29) is 4.90 Å². The fourth-order valence-electron chi connectivity index (χ4n) is 1.06. The van der Waals surface area contributed by atoms with Crippen LogP contribution in [0, 0.1) is 0 Å². The maximum Gasteiger partial charge on any atom is 0.325 e. The van der Waals surface area contributed by atoms with Gasteiger partial charge < -0.3 is 10.8 Å². The predicted molar refractivity (Wildman–Crippen MR) is 54.1 cm³/mol. The highest BCUT2D eigenvalue weighted by Gasteiger charge is 2.14. The third-order valence-corrected chi connectivity index (χ3v) is 3.06. The van der Waals surface area contributed by atoms with Gasteiger partial charge in [-0.15, -0.1) is 0 Å². The lowest BCUT2D eigenvalue weighted by molar-refractivity contribution is -0.138. The van der Waals surface area contributed by atoms with Crippen molar-refractivity contribution >= 4 is 15.8 Å². The summed E-state index contributed by atoms with van der Waals surface area (Å²) in [5.41, 5.74) is 5.72. The van der Waals surface area contributed by atoms with Crippen molar-refractivity contribution in [2.45, 2.75) is 10.9 Å². The van der Waals surface area contributed by atoms with E-state index < -0.39 is 21.8 Å². The summed E-state index contributed by atoms with van der Waals surface area (Å²) >= 11 is 0. The van der Waals surface area contributed by atoms with Crippen LogP contribution in [0.5, 0.6) is 0 Å². The first-order chi connectivity index (χ1) is 6.82. The molecule has 0 aliphatic rings. The second-order valence-electron chi connectivity index (χ2n) is 3.16. The minimum atomic E-state index is -3.25. The van der Waals surface area contributed by atoms with Crippen molar-refractivity contribution < 1.29 is 18.3 Å². The Morgan fingerprint density at radius 2 is 1.80 bits per heavy atom. The van der Waals surface area contributed by atoms with Gasteiger partial charge in [0, 0.05) is 6.26 Å². The number of hydrogen-bond donors (Lipinski definition) is 2. The first-order valence-electron chi connectivity index (χ1n) is 4.11. The van der Waals surface area contributed by atoms with Gasteiger partial charge in [-0.25, -0.2) is 8.42 Å². The normalized spacial score (nSPS) is 13.5. The van der Waals surface area contributed by atoms with E-state index in [1.807, 2.05) is 0 Å². The van der Waals surface area contributed by atoms with E-state index in [4.69, 9.17) is 10.8 Å². The fourth-order valence-corrected chi connectivity index (χ4v) is 1.70. The lowest BCUT2D eigenvalue weighted by Crippen LogP contribution is -2.20. The summed E-state index contributed by atoms with van der Waals surface area (Å²) in [6.07, 6.45) is 1.08. The quantitative estimate of drug-likeness (QED) is 0.770. The molecule has 5 nitrogen and oxygen atoms in total. The van der Waals surface area contributed by atoms with Crippen LogP contribution in [0.2, 0.25) is 0 Å². The zero-order valence-corrected chi connectivity index (χ0v) is 8.86. The molecule has 1 unspecified atom stereocenters. The van der Waals surface area contributed by atoms with Crippen LogP contribution in [-0.4, -0.2) is 25.7 Å². The van der Waals surface area contributed by atoms with E-state index in [1.165, 1.54) is 24.3 Å². The molecule has 1 aromatic rings. The van der Waals surface area contributed by atoms with Crippen LogP contribution in [0.25, 0.3) is 0 Å². The largest absolute Gasteiger partial charge is 0.480 e. The van der Waals surface area contributed by atoms with Gasteiger partial charge in [0.2, 0.25) is 0 Å². The summed E-state index contributed by atoms with van der Waals surface area (Å²) in [7, 11) is -3.25. The highest BCUT2D eigenvalue weighted by atomic mass is 32.2. The number of rotatable bonds is 3. The van der Waals surface area contributed by atoms with Gasteiger partial charge in [-0.1, -0.05) is 12.1 Å². The number of carboxylic acids is 1. The summed E-state index contributed by atoms with van der Waals surface area (Å²) in [5.74, 6) is -1.15. The summed E-state index contributed by atoms with van der Waals surface area (Å²) in [5, 5.41) is 8.62. The molecule has 82 valence electrons.